The summed E-state index contributed by atoms with van der Waals surface area (Å²) in [6.07, 6.45) is -0.183. The Labute approximate surface area is 154 Å². The largest absolute Gasteiger partial charge is 0.504 e. The van der Waals surface area contributed by atoms with E-state index in [1.807, 2.05) is 35.2 Å². The van der Waals surface area contributed by atoms with Crippen LogP contribution in [-0.2, 0) is 4.74 Å². The number of nitrogens with zero attached hydrogens (tertiary/aromatic N) is 1. The maximum Gasteiger partial charge on any atom is 0.254 e. The van der Waals surface area contributed by atoms with Gasteiger partial charge in [0.1, 0.15) is 6.10 Å². The minimum Gasteiger partial charge on any atom is -0.504 e. The lowest BCUT2D eigenvalue weighted by Gasteiger charge is -2.40. The van der Waals surface area contributed by atoms with Gasteiger partial charge >= 0.3 is 0 Å². The number of phenols is 1. The van der Waals surface area contributed by atoms with Crippen molar-refractivity contribution in [3.63, 3.8) is 0 Å². The number of morpholine rings is 1. The molecule has 1 amide bonds. The number of hydrogen-bond donors (Lipinski definition) is 1. The van der Waals surface area contributed by atoms with Gasteiger partial charge < -0.3 is 19.5 Å². The molecule has 3 rings (SSSR count). The highest BCUT2D eigenvalue weighted by Crippen LogP contribution is 2.31. The van der Waals surface area contributed by atoms with Crippen LogP contribution in [0.3, 0.4) is 0 Å². The molecular weight excluding hydrogens is 330 g/mol. The first-order valence-electron chi connectivity index (χ1n) is 8.86. The molecule has 0 aromatic heterocycles. The lowest BCUT2D eigenvalue weighted by atomic mass is 10.0. The molecule has 2 atom stereocenters. The molecule has 5 nitrogen and oxygen atoms in total. The van der Waals surface area contributed by atoms with Gasteiger partial charge in [-0.1, -0.05) is 44.2 Å². The summed E-state index contributed by atoms with van der Waals surface area (Å²) in [5.74, 6) is 0.529. The standard InChI is InChI=1S/C21H25NO4/c1-14(2)19-12-22(13-20(26-19)15-7-5-4-6-8-15)21(24)16-9-10-17(23)18(11-16)25-3/h4-11,14,19-20,23H,12-13H2,1-3H3/t19-,20+/m1/s1. The van der Waals surface area contributed by atoms with Gasteiger partial charge in [-0.15, -0.1) is 0 Å². The fraction of sp³-hybridized carbons (Fsp3) is 0.381. The maximum atomic E-state index is 13.1. The second-order valence-corrected chi connectivity index (χ2v) is 6.91. The van der Waals surface area contributed by atoms with E-state index in [1.165, 1.54) is 13.2 Å². The zero-order valence-corrected chi connectivity index (χ0v) is 15.4. The van der Waals surface area contributed by atoms with Crippen molar-refractivity contribution in [1.82, 2.24) is 4.90 Å². The van der Waals surface area contributed by atoms with E-state index in [-0.39, 0.29) is 23.9 Å². The molecule has 0 spiro atoms. The average Bonchev–Trinajstić information content (AvgIpc) is 2.68. The van der Waals surface area contributed by atoms with E-state index in [9.17, 15) is 9.90 Å². The van der Waals surface area contributed by atoms with Gasteiger partial charge in [0.25, 0.3) is 5.91 Å². The number of aromatic hydroxyl groups is 1. The summed E-state index contributed by atoms with van der Waals surface area (Å²) in [7, 11) is 1.47. The summed E-state index contributed by atoms with van der Waals surface area (Å²) >= 11 is 0. The minimum atomic E-state index is -0.152. The fourth-order valence-electron chi connectivity index (χ4n) is 3.17. The van der Waals surface area contributed by atoms with Crippen LogP contribution in [0.15, 0.2) is 48.5 Å². The number of hydrogen-bond acceptors (Lipinski definition) is 4. The van der Waals surface area contributed by atoms with Crippen LogP contribution in [0.25, 0.3) is 0 Å². The SMILES string of the molecule is COc1cc(C(=O)N2C[C@@H](c3ccccc3)O[C@@H](C(C)C)C2)ccc1O. The molecule has 1 aliphatic rings. The Morgan fingerprint density at radius 3 is 2.58 bits per heavy atom. The molecular formula is C21H25NO4. The molecule has 1 aliphatic heterocycles. The summed E-state index contributed by atoms with van der Waals surface area (Å²) in [6.45, 7) is 5.24. The second-order valence-electron chi connectivity index (χ2n) is 6.91. The van der Waals surface area contributed by atoms with E-state index < -0.39 is 0 Å². The number of amides is 1. The molecule has 138 valence electrons. The maximum absolute atomic E-state index is 13.1. The Balaban J connectivity index is 1.86. The Morgan fingerprint density at radius 2 is 1.92 bits per heavy atom. The third-order valence-electron chi connectivity index (χ3n) is 4.75. The topological polar surface area (TPSA) is 59.0 Å². The molecule has 26 heavy (non-hydrogen) atoms. The van der Waals surface area contributed by atoms with E-state index >= 15 is 0 Å². The summed E-state index contributed by atoms with van der Waals surface area (Å²) in [6, 6.07) is 14.7. The zero-order chi connectivity index (χ0) is 18.7. The fourth-order valence-corrected chi connectivity index (χ4v) is 3.17. The molecule has 1 saturated heterocycles. The van der Waals surface area contributed by atoms with Crippen LogP contribution >= 0.6 is 0 Å². The van der Waals surface area contributed by atoms with E-state index in [0.29, 0.717) is 30.3 Å². The molecule has 0 radical (unpaired) electrons. The van der Waals surface area contributed by atoms with Crippen LogP contribution in [-0.4, -0.2) is 42.2 Å². The average molecular weight is 355 g/mol. The molecule has 1 fully saturated rings. The van der Waals surface area contributed by atoms with Crippen molar-refractivity contribution < 1.29 is 19.4 Å². The highest BCUT2D eigenvalue weighted by atomic mass is 16.5. The Hall–Kier alpha value is -2.53. The van der Waals surface area contributed by atoms with Gasteiger partial charge in [0.15, 0.2) is 11.5 Å². The number of ether oxygens (including phenoxy) is 2. The Morgan fingerprint density at radius 1 is 1.19 bits per heavy atom. The zero-order valence-electron chi connectivity index (χ0n) is 15.4. The molecule has 1 heterocycles. The number of carbonyl (C=O) groups excluding carboxylic acids is 1. The van der Waals surface area contributed by atoms with Crippen LogP contribution in [0.1, 0.15) is 35.9 Å². The highest BCUT2D eigenvalue weighted by Gasteiger charge is 2.33. The Bertz CT molecular complexity index is 760. The molecule has 5 heteroatoms. The summed E-state index contributed by atoms with van der Waals surface area (Å²) in [5, 5.41) is 9.76. The van der Waals surface area contributed by atoms with Crippen LogP contribution in [0.4, 0.5) is 0 Å². The van der Waals surface area contributed by atoms with Crippen molar-refractivity contribution in [3.05, 3.63) is 59.7 Å². The first kappa shape index (κ1) is 18.3. The van der Waals surface area contributed by atoms with Crippen molar-refractivity contribution in [3.8, 4) is 11.5 Å². The van der Waals surface area contributed by atoms with E-state index in [4.69, 9.17) is 9.47 Å². The van der Waals surface area contributed by atoms with Crippen molar-refractivity contribution in [2.45, 2.75) is 26.1 Å². The molecule has 0 aliphatic carbocycles. The van der Waals surface area contributed by atoms with Crippen LogP contribution in [0, 0.1) is 5.92 Å². The van der Waals surface area contributed by atoms with Gasteiger partial charge in [0, 0.05) is 12.1 Å². The predicted octanol–water partition coefficient (Wildman–Crippen LogP) is 3.64. The molecule has 1 N–H and O–H groups in total. The predicted molar refractivity (Wildman–Crippen MR) is 99.5 cm³/mol. The van der Waals surface area contributed by atoms with E-state index in [2.05, 4.69) is 13.8 Å². The quantitative estimate of drug-likeness (QED) is 0.910. The minimum absolute atomic E-state index is 0.0215. The molecule has 0 unspecified atom stereocenters. The van der Waals surface area contributed by atoms with Gasteiger partial charge in [-0.25, -0.2) is 0 Å². The van der Waals surface area contributed by atoms with Crippen LogP contribution in [0.2, 0.25) is 0 Å². The van der Waals surface area contributed by atoms with Gasteiger partial charge in [0.2, 0.25) is 0 Å². The van der Waals surface area contributed by atoms with E-state index in [1.54, 1.807) is 12.1 Å². The Kier molecular flexibility index (Phi) is 5.47. The number of rotatable bonds is 4. The third-order valence-corrected chi connectivity index (χ3v) is 4.75. The van der Waals surface area contributed by atoms with Gasteiger partial charge in [-0.05, 0) is 29.7 Å². The van der Waals surface area contributed by atoms with E-state index in [0.717, 1.165) is 5.56 Å². The highest BCUT2D eigenvalue weighted by molar-refractivity contribution is 5.95. The van der Waals surface area contributed by atoms with Crippen molar-refractivity contribution in [2.75, 3.05) is 20.2 Å². The molecule has 2 aromatic rings. The first-order chi connectivity index (χ1) is 12.5. The first-order valence-corrected chi connectivity index (χ1v) is 8.86. The van der Waals surface area contributed by atoms with Gasteiger partial charge in [-0.2, -0.15) is 0 Å². The summed E-state index contributed by atoms with van der Waals surface area (Å²) in [5.41, 5.74) is 1.56. The number of benzene rings is 2. The monoisotopic (exact) mass is 355 g/mol. The summed E-state index contributed by atoms with van der Waals surface area (Å²) in [4.78, 5) is 14.9. The number of methoxy groups -OCH3 is 1. The second kappa shape index (κ2) is 7.79. The molecule has 0 bridgehead atoms. The number of phenolic OH excluding ortho intramolecular Hbond substituents is 1. The normalized spacial score (nSPS) is 20.2. The summed E-state index contributed by atoms with van der Waals surface area (Å²) < 4.78 is 11.4. The van der Waals surface area contributed by atoms with Gasteiger partial charge in [0.05, 0.1) is 19.8 Å². The van der Waals surface area contributed by atoms with Crippen LogP contribution < -0.4 is 4.74 Å². The lowest BCUT2D eigenvalue weighted by molar-refractivity contribution is -0.0954. The van der Waals surface area contributed by atoms with Crippen molar-refractivity contribution in [2.24, 2.45) is 5.92 Å². The van der Waals surface area contributed by atoms with Crippen molar-refractivity contribution in [1.29, 1.82) is 0 Å². The molecule has 2 aromatic carbocycles. The number of carbonyl (C=O) groups is 1. The van der Waals surface area contributed by atoms with Gasteiger partial charge in [-0.3, -0.25) is 4.79 Å². The van der Waals surface area contributed by atoms with Crippen LogP contribution in [0.5, 0.6) is 11.5 Å². The van der Waals surface area contributed by atoms with Crippen molar-refractivity contribution >= 4 is 5.91 Å². The smallest absolute Gasteiger partial charge is 0.254 e. The lowest BCUT2D eigenvalue weighted by Crippen LogP contribution is -2.48. The molecule has 0 saturated carbocycles. The third kappa shape index (κ3) is 3.83.